The number of carbonyl (C=O) groups is 1. The van der Waals surface area contributed by atoms with Gasteiger partial charge >= 0.3 is 0 Å². The van der Waals surface area contributed by atoms with Crippen molar-refractivity contribution in [3.63, 3.8) is 0 Å². The number of H-pyrrole nitrogens is 1. The number of nitrogens with one attached hydrogen (secondary N) is 2. The van der Waals surface area contributed by atoms with E-state index in [1.165, 1.54) is 0 Å². The van der Waals surface area contributed by atoms with Crippen LogP contribution in [0.5, 0.6) is 0 Å². The first-order valence-corrected chi connectivity index (χ1v) is 5.63. The molecule has 4 N–H and O–H groups in total. The molecular formula is C8H14N4OS. The highest BCUT2D eigenvalue weighted by molar-refractivity contribution is 7.98. The van der Waals surface area contributed by atoms with Crippen molar-refractivity contribution >= 4 is 29.2 Å². The number of aromatic amines is 1. The molecule has 14 heavy (non-hydrogen) atoms. The molecule has 0 atom stereocenters. The zero-order chi connectivity index (χ0) is 10.6. The van der Waals surface area contributed by atoms with Gasteiger partial charge in [-0.3, -0.25) is 9.89 Å². The molecule has 0 aliphatic heterocycles. The highest BCUT2D eigenvalue weighted by Crippen LogP contribution is 2.17. The van der Waals surface area contributed by atoms with Gasteiger partial charge in [-0.05, 0) is 13.2 Å². The Labute approximate surface area is 86.8 Å². The molecule has 0 radical (unpaired) electrons. The van der Waals surface area contributed by atoms with Gasteiger partial charge in [0.1, 0.15) is 0 Å². The molecule has 0 aromatic carbocycles. The molecule has 0 aliphatic carbocycles. The number of nitrogens with zero attached hydrogens (tertiary/aromatic N) is 1. The average molecular weight is 214 g/mol. The van der Waals surface area contributed by atoms with E-state index in [4.69, 9.17) is 5.73 Å². The number of nitrogens with two attached hydrogens (primary N) is 1. The minimum atomic E-state index is -0.0578. The van der Waals surface area contributed by atoms with Crippen LogP contribution in [-0.4, -0.2) is 28.1 Å². The highest BCUT2D eigenvalue weighted by atomic mass is 32.2. The van der Waals surface area contributed by atoms with E-state index in [0.29, 0.717) is 17.9 Å². The molecule has 6 heteroatoms. The van der Waals surface area contributed by atoms with Crippen molar-refractivity contribution in [2.75, 3.05) is 23.1 Å². The van der Waals surface area contributed by atoms with E-state index in [9.17, 15) is 4.79 Å². The summed E-state index contributed by atoms with van der Waals surface area (Å²) in [6.45, 7) is 1.81. The van der Waals surface area contributed by atoms with E-state index < -0.39 is 0 Å². The van der Waals surface area contributed by atoms with E-state index in [0.717, 1.165) is 11.4 Å². The van der Waals surface area contributed by atoms with Crippen molar-refractivity contribution in [3.8, 4) is 0 Å². The third-order valence-corrected chi connectivity index (χ3v) is 2.40. The zero-order valence-corrected chi connectivity index (χ0v) is 9.07. The second-order valence-electron chi connectivity index (χ2n) is 2.90. The second-order valence-corrected chi connectivity index (χ2v) is 3.89. The number of amides is 1. The number of carbonyl (C=O) groups excluding carboxylic acids is 1. The Morgan fingerprint density at radius 1 is 1.71 bits per heavy atom. The van der Waals surface area contributed by atoms with Crippen molar-refractivity contribution in [1.82, 2.24) is 10.2 Å². The van der Waals surface area contributed by atoms with Gasteiger partial charge < -0.3 is 11.1 Å². The predicted molar refractivity (Wildman–Crippen MR) is 59.4 cm³/mol. The Bertz CT molecular complexity index is 323. The summed E-state index contributed by atoms with van der Waals surface area (Å²) < 4.78 is 0. The van der Waals surface area contributed by atoms with Gasteiger partial charge in [-0.25, -0.2) is 0 Å². The summed E-state index contributed by atoms with van der Waals surface area (Å²) in [6, 6.07) is 0. The third-order valence-electron chi connectivity index (χ3n) is 1.79. The maximum absolute atomic E-state index is 11.3. The van der Waals surface area contributed by atoms with Crippen LogP contribution in [0.4, 0.5) is 11.5 Å². The van der Waals surface area contributed by atoms with Crippen LogP contribution in [0, 0.1) is 6.92 Å². The van der Waals surface area contributed by atoms with E-state index in [1.807, 2.05) is 6.26 Å². The summed E-state index contributed by atoms with van der Waals surface area (Å²) in [5, 5.41) is 9.22. The Morgan fingerprint density at radius 2 is 2.43 bits per heavy atom. The van der Waals surface area contributed by atoms with Crippen LogP contribution < -0.4 is 11.1 Å². The number of thioether (sulfide) groups is 1. The van der Waals surface area contributed by atoms with Gasteiger partial charge in [0.15, 0.2) is 5.82 Å². The van der Waals surface area contributed by atoms with Gasteiger partial charge in [-0.15, -0.1) is 0 Å². The van der Waals surface area contributed by atoms with Crippen molar-refractivity contribution in [3.05, 3.63) is 5.69 Å². The lowest BCUT2D eigenvalue weighted by Gasteiger charge is -2.01. The topological polar surface area (TPSA) is 83.8 Å². The normalized spacial score (nSPS) is 10.1. The number of hydrogen-bond acceptors (Lipinski definition) is 4. The summed E-state index contributed by atoms with van der Waals surface area (Å²) in [7, 11) is 0. The summed E-state index contributed by atoms with van der Waals surface area (Å²) in [4.78, 5) is 11.3. The van der Waals surface area contributed by atoms with Gasteiger partial charge in [0.25, 0.3) is 0 Å². The maximum Gasteiger partial charge on any atom is 0.226 e. The molecule has 0 fully saturated rings. The summed E-state index contributed by atoms with van der Waals surface area (Å²) >= 11 is 1.63. The Balaban J connectivity index is 2.52. The first kappa shape index (κ1) is 10.9. The monoisotopic (exact) mass is 214 g/mol. The maximum atomic E-state index is 11.3. The molecule has 78 valence electrons. The van der Waals surface area contributed by atoms with E-state index in [-0.39, 0.29) is 5.91 Å². The van der Waals surface area contributed by atoms with Crippen LogP contribution in [0.3, 0.4) is 0 Å². The van der Waals surface area contributed by atoms with Crippen molar-refractivity contribution < 1.29 is 4.79 Å². The molecule has 0 unspecified atom stereocenters. The van der Waals surface area contributed by atoms with Crippen LogP contribution >= 0.6 is 11.8 Å². The molecular weight excluding hydrogens is 200 g/mol. The molecule has 1 aromatic heterocycles. The fraction of sp³-hybridized carbons (Fsp3) is 0.500. The first-order chi connectivity index (χ1) is 6.65. The fourth-order valence-electron chi connectivity index (χ4n) is 0.922. The van der Waals surface area contributed by atoms with Gasteiger partial charge in [-0.2, -0.15) is 16.9 Å². The smallest absolute Gasteiger partial charge is 0.226 e. The van der Waals surface area contributed by atoms with Crippen molar-refractivity contribution in [1.29, 1.82) is 0 Å². The number of rotatable bonds is 4. The lowest BCUT2D eigenvalue weighted by atomic mass is 10.4. The van der Waals surface area contributed by atoms with Gasteiger partial charge in [-0.1, -0.05) is 0 Å². The minimum absolute atomic E-state index is 0.0578. The van der Waals surface area contributed by atoms with Crippen LogP contribution in [0.1, 0.15) is 12.1 Å². The third kappa shape index (κ3) is 2.66. The Morgan fingerprint density at radius 3 is 2.93 bits per heavy atom. The van der Waals surface area contributed by atoms with Crippen LogP contribution in [0.2, 0.25) is 0 Å². The van der Waals surface area contributed by atoms with Crippen molar-refractivity contribution in [2.24, 2.45) is 0 Å². The van der Waals surface area contributed by atoms with Crippen molar-refractivity contribution in [2.45, 2.75) is 13.3 Å². The largest absolute Gasteiger partial charge is 0.394 e. The zero-order valence-electron chi connectivity index (χ0n) is 8.26. The fourth-order valence-corrected chi connectivity index (χ4v) is 1.31. The molecule has 5 nitrogen and oxygen atoms in total. The van der Waals surface area contributed by atoms with E-state index in [1.54, 1.807) is 18.7 Å². The molecule has 1 rings (SSSR count). The number of nitrogen functional groups attached to an aromatic ring is 1. The molecule has 0 bridgehead atoms. The quantitative estimate of drug-likeness (QED) is 0.698. The number of aromatic nitrogens is 2. The van der Waals surface area contributed by atoms with E-state index in [2.05, 4.69) is 15.5 Å². The average Bonchev–Trinajstić information content (AvgIpc) is 2.46. The molecule has 0 spiro atoms. The van der Waals surface area contributed by atoms with Crippen LogP contribution in [0.25, 0.3) is 0 Å². The molecule has 0 aliphatic rings. The first-order valence-electron chi connectivity index (χ1n) is 4.24. The predicted octanol–water partition coefficient (Wildman–Crippen LogP) is 0.992. The number of aryl methyl sites for hydroxylation is 1. The number of hydrogen-bond donors (Lipinski definition) is 3. The second kappa shape index (κ2) is 4.90. The van der Waals surface area contributed by atoms with Crippen LogP contribution in [-0.2, 0) is 4.79 Å². The lowest BCUT2D eigenvalue weighted by molar-refractivity contribution is -0.115. The lowest BCUT2D eigenvalue weighted by Crippen LogP contribution is -2.13. The van der Waals surface area contributed by atoms with Gasteiger partial charge in [0, 0.05) is 12.2 Å². The highest BCUT2D eigenvalue weighted by Gasteiger charge is 2.09. The molecule has 1 aromatic rings. The molecule has 0 saturated heterocycles. The Kier molecular flexibility index (Phi) is 3.82. The minimum Gasteiger partial charge on any atom is -0.394 e. The molecule has 0 saturated carbocycles. The van der Waals surface area contributed by atoms with Crippen LogP contribution in [0.15, 0.2) is 0 Å². The standard InChI is InChI=1S/C8H14N4OS/c1-5-7(9)8(12-11-5)10-6(13)3-4-14-2/h3-4,9H2,1-2H3,(H2,10,11,12,13). The van der Waals surface area contributed by atoms with E-state index >= 15 is 0 Å². The molecule has 1 amide bonds. The number of anilines is 2. The summed E-state index contributed by atoms with van der Waals surface area (Å²) in [6.07, 6.45) is 2.44. The van der Waals surface area contributed by atoms with Gasteiger partial charge in [0.05, 0.1) is 11.4 Å². The molecule has 1 heterocycles. The van der Waals surface area contributed by atoms with Gasteiger partial charge in [0.2, 0.25) is 5.91 Å². The summed E-state index contributed by atoms with van der Waals surface area (Å²) in [5.74, 6) is 1.17. The summed E-state index contributed by atoms with van der Waals surface area (Å²) in [5.41, 5.74) is 6.94. The SMILES string of the molecule is CSCCC(=O)Nc1n[nH]c(C)c1N. The Hall–Kier alpha value is -1.17.